The maximum atomic E-state index is 13.5. The van der Waals surface area contributed by atoms with E-state index in [1.807, 2.05) is 78.1 Å². The monoisotopic (exact) mass is 513 g/mol. The van der Waals surface area contributed by atoms with Gasteiger partial charge in [0, 0.05) is 11.3 Å². The van der Waals surface area contributed by atoms with Crippen LogP contribution in [0.5, 0.6) is 5.75 Å². The van der Waals surface area contributed by atoms with E-state index in [9.17, 15) is 9.59 Å². The van der Waals surface area contributed by atoms with Gasteiger partial charge in [0.15, 0.2) is 5.16 Å². The minimum absolute atomic E-state index is 0.141. The maximum Gasteiger partial charge on any atom is 0.263 e. The van der Waals surface area contributed by atoms with Crippen molar-refractivity contribution in [2.24, 2.45) is 0 Å². The second kappa shape index (κ2) is 10.5. The number of para-hydroxylation sites is 2. The lowest BCUT2D eigenvalue weighted by molar-refractivity contribution is -0.115. The van der Waals surface area contributed by atoms with Crippen LogP contribution < -0.4 is 15.6 Å². The van der Waals surface area contributed by atoms with Gasteiger partial charge >= 0.3 is 0 Å². The van der Waals surface area contributed by atoms with E-state index in [-0.39, 0.29) is 18.0 Å². The molecule has 2 aromatic heterocycles. The molecule has 1 N–H and O–H groups in total. The molecule has 0 aliphatic carbocycles. The Hall–Kier alpha value is -4.11. The van der Waals surface area contributed by atoms with Crippen LogP contribution in [0.2, 0.25) is 0 Å². The molecule has 5 rings (SSSR count). The fraction of sp³-hybridized carbons (Fsp3) is 0.214. The molecule has 0 spiro atoms. The van der Waals surface area contributed by atoms with E-state index in [4.69, 9.17) is 4.74 Å². The summed E-state index contributed by atoms with van der Waals surface area (Å²) < 4.78 is 8.93. The number of methoxy groups -OCH3 is 1. The molecule has 188 valence electrons. The number of thioether (sulfide) groups is 1. The number of aromatic nitrogens is 4. The number of anilines is 1. The SMILES string of the molecule is CCc1ccc(NC(=O)C(C)Sc2nnc3n(Cc4ccccc4OC)c(=O)c4ccccc4n23)cc1. The Morgan fingerprint density at radius 1 is 1.03 bits per heavy atom. The molecular formula is C28H27N5O3S. The van der Waals surface area contributed by atoms with Gasteiger partial charge in [-0.05, 0) is 49.2 Å². The summed E-state index contributed by atoms with van der Waals surface area (Å²) in [5.41, 5.74) is 3.33. The predicted octanol–water partition coefficient (Wildman–Crippen LogP) is 4.78. The van der Waals surface area contributed by atoms with Gasteiger partial charge in [-0.25, -0.2) is 0 Å². The number of amides is 1. The second-order valence-electron chi connectivity index (χ2n) is 8.64. The molecule has 0 aliphatic rings. The minimum Gasteiger partial charge on any atom is -0.496 e. The van der Waals surface area contributed by atoms with E-state index in [1.54, 1.807) is 17.7 Å². The van der Waals surface area contributed by atoms with Crippen molar-refractivity contribution in [3.05, 3.63) is 94.3 Å². The zero-order chi connectivity index (χ0) is 25.9. The van der Waals surface area contributed by atoms with Gasteiger partial charge < -0.3 is 10.1 Å². The van der Waals surface area contributed by atoms with Crippen molar-refractivity contribution < 1.29 is 9.53 Å². The number of hydrogen-bond acceptors (Lipinski definition) is 6. The van der Waals surface area contributed by atoms with E-state index in [0.717, 1.165) is 17.7 Å². The molecule has 0 saturated carbocycles. The molecule has 1 atom stereocenters. The number of benzene rings is 3. The van der Waals surface area contributed by atoms with Gasteiger partial charge in [0.2, 0.25) is 11.7 Å². The number of fused-ring (bicyclic) bond motifs is 3. The summed E-state index contributed by atoms with van der Waals surface area (Å²) in [7, 11) is 1.61. The fourth-order valence-electron chi connectivity index (χ4n) is 4.24. The van der Waals surface area contributed by atoms with Crippen LogP contribution in [0.4, 0.5) is 5.69 Å². The van der Waals surface area contributed by atoms with Crippen LogP contribution in [-0.2, 0) is 17.8 Å². The molecule has 2 heterocycles. The molecule has 8 nitrogen and oxygen atoms in total. The lowest BCUT2D eigenvalue weighted by Crippen LogP contribution is -2.25. The van der Waals surface area contributed by atoms with Gasteiger partial charge in [-0.15, -0.1) is 10.2 Å². The highest BCUT2D eigenvalue weighted by Crippen LogP contribution is 2.27. The van der Waals surface area contributed by atoms with E-state index in [2.05, 4.69) is 22.4 Å². The first kappa shape index (κ1) is 24.6. The van der Waals surface area contributed by atoms with Crippen LogP contribution in [0.3, 0.4) is 0 Å². The normalized spacial score (nSPS) is 12.1. The van der Waals surface area contributed by atoms with E-state index >= 15 is 0 Å². The number of carbonyl (C=O) groups is 1. The number of carbonyl (C=O) groups excluding carboxylic acids is 1. The Labute approximate surface area is 218 Å². The first-order chi connectivity index (χ1) is 18.0. The molecule has 0 saturated heterocycles. The topological polar surface area (TPSA) is 90.5 Å². The van der Waals surface area contributed by atoms with Crippen molar-refractivity contribution in [1.82, 2.24) is 19.2 Å². The average molecular weight is 514 g/mol. The Bertz CT molecular complexity index is 1640. The summed E-state index contributed by atoms with van der Waals surface area (Å²) in [4.78, 5) is 26.5. The number of nitrogens with zero attached hydrogens (tertiary/aromatic N) is 4. The molecule has 9 heteroatoms. The lowest BCUT2D eigenvalue weighted by atomic mass is 10.1. The quantitative estimate of drug-likeness (QED) is 0.300. The van der Waals surface area contributed by atoms with Crippen molar-refractivity contribution in [3.63, 3.8) is 0 Å². The van der Waals surface area contributed by atoms with Crippen molar-refractivity contribution in [1.29, 1.82) is 0 Å². The molecular weight excluding hydrogens is 486 g/mol. The third-order valence-electron chi connectivity index (χ3n) is 6.28. The van der Waals surface area contributed by atoms with Crippen LogP contribution in [-0.4, -0.2) is 37.4 Å². The van der Waals surface area contributed by atoms with Gasteiger partial charge in [-0.1, -0.05) is 61.2 Å². The predicted molar refractivity (Wildman–Crippen MR) is 147 cm³/mol. The number of rotatable bonds is 8. The van der Waals surface area contributed by atoms with Gasteiger partial charge in [-0.2, -0.15) is 0 Å². The lowest BCUT2D eigenvalue weighted by Gasteiger charge is -2.14. The zero-order valence-electron chi connectivity index (χ0n) is 20.8. The molecule has 0 radical (unpaired) electrons. The summed E-state index contributed by atoms with van der Waals surface area (Å²) in [6.45, 7) is 4.19. The van der Waals surface area contributed by atoms with Gasteiger partial charge in [0.1, 0.15) is 5.75 Å². The fourth-order valence-corrected chi connectivity index (χ4v) is 5.09. The van der Waals surface area contributed by atoms with Gasteiger partial charge in [-0.3, -0.25) is 18.6 Å². The van der Waals surface area contributed by atoms with Crippen molar-refractivity contribution >= 4 is 40.0 Å². The van der Waals surface area contributed by atoms with Crippen LogP contribution in [0.25, 0.3) is 16.7 Å². The van der Waals surface area contributed by atoms with E-state index < -0.39 is 5.25 Å². The largest absolute Gasteiger partial charge is 0.496 e. The summed E-state index contributed by atoms with van der Waals surface area (Å²) in [6.07, 6.45) is 0.941. The summed E-state index contributed by atoms with van der Waals surface area (Å²) in [6, 6.07) is 22.8. The molecule has 5 aromatic rings. The zero-order valence-corrected chi connectivity index (χ0v) is 21.7. The highest BCUT2D eigenvalue weighted by molar-refractivity contribution is 8.00. The summed E-state index contributed by atoms with van der Waals surface area (Å²) in [5, 5.41) is 12.4. The van der Waals surface area contributed by atoms with Crippen LogP contribution >= 0.6 is 11.8 Å². The highest BCUT2D eigenvalue weighted by Gasteiger charge is 2.22. The van der Waals surface area contributed by atoms with Gasteiger partial charge in [0.25, 0.3) is 5.56 Å². The van der Waals surface area contributed by atoms with Crippen molar-refractivity contribution in [2.45, 2.75) is 37.2 Å². The van der Waals surface area contributed by atoms with Crippen molar-refractivity contribution in [2.75, 3.05) is 12.4 Å². The number of aryl methyl sites for hydroxylation is 1. The molecule has 1 amide bonds. The van der Waals surface area contributed by atoms with Crippen LogP contribution in [0.15, 0.2) is 82.7 Å². The number of hydrogen-bond donors (Lipinski definition) is 1. The molecule has 3 aromatic carbocycles. The Morgan fingerprint density at radius 2 is 1.76 bits per heavy atom. The number of nitrogens with one attached hydrogen (secondary N) is 1. The molecule has 0 aliphatic heterocycles. The van der Waals surface area contributed by atoms with E-state index in [1.165, 1.54) is 17.3 Å². The maximum absolute atomic E-state index is 13.5. The minimum atomic E-state index is -0.452. The van der Waals surface area contributed by atoms with E-state index in [0.29, 0.717) is 27.6 Å². The first-order valence-corrected chi connectivity index (χ1v) is 12.9. The average Bonchev–Trinajstić information content (AvgIpc) is 3.35. The third-order valence-corrected chi connectivity index (χ3v) is 7.32. The summed E-state index contributed by atoms with van der Waals surface area (Å²) in [5.74, 6) is 0.949. The first-order valence-electron chi connectivity index (χ1n) is 12.0. The number of ether oxygens (including phenoxy) is 1. The molecule has 37 heavy (non-hydrogen) atoms. The molecule has 1 unspecified atom stereocenters. The Balaban J connectivity index is 1.51. The molecule has 0 fully saturated rings. The highest BCUT2D eigenvalue weighted by atomic mass is 32.2. The van der Waals surface area contributed by atoms with Crippen molar-refractivity contribution in [3.8, 4) is 5.75 Å². The molecule has 0 bridgehead atoms. The Morgan fingerprint density at radius 3 is 2.51 bits per heavy atom. The van der Waals surface area contributed by atoms with Gasteiger partial charge in [0.05, 0.1) is 29.8 Å². The summed E-state index contributed by atoms with van der Waals surface area (Å²) >= 11 is 1.30. The smallest absolute Gasteiger partial charge is 0.263 e. The second-order valence-corrected chi connectivity index (χ2v) is 9.95. The van der Waals surface area contributed by atoms with Crippen LogP contribution in [0, 0.1) is 0 Å². The third kappa shape index (κ3) is 4.82. The standard InChI is InChI=1S/C28H27N5O3S/c1-4-19-13-15-21(16-14-19)29-25(34)18(2)37-28-31-30-27-32(17-20-9-5-8-12-24(20)36-3)26(35)22-10-6-7-11-23(22)33(27)28/h5-16,18H,4,17H2,1-3H3,(H,29,34). The Kier molecular flexibility index (Phi) is 6.96. The van der Waals surface area contributed by atoms with Crippen LogP contribution in [0.1, 0.15) is 25.0 Å².